The number of fused-ring (bicyclic) bond motifs is 1. The van der Waals surface area contributed by atoms with Gasteiger partial charge in [-0.05, 0) is 36.5 Å². The second-order valence-corrected chi connectivity index (χ2v) is 5.62. The summed E-state index contributed by atoms with van der Waals surface area (Å²) in [5.74, 6) is -0.954. The van der Waals surface area contributed by atoms with E-state index < -0.39 is 5.97 Å². The highest BCUT2D eigenvalue weighted by Gasteiger charge is 2.31. The van der Waals surface area contributed by atoms with Crippen molar-refractivity contribution >= 4 is 11.9 Å². The molecule has 1 aliphatic carbocycles. The van der Waals surface area contributed by atoms with E-state index in [0.717, 1.165) is 30.4 Å². The summed E-state index contributed by atoms with van der Waals surface area (Å²) in [7, 11) is 0. The number of ether oxygens (including phenoxy) is 1. The van der Waals surface area contributed by atoms with Crippen LogP contribution in [0.25, 0.3) is 0 Å². The van der Waals surface area contributed by atoms with Gasteiger partial charge < -0.3 is 14.7 Å². The molecule has 1 fully saturated rings. The van der Waals surface area contributed by atoms with Gasteiger partial charge in [-0.25, -0.2) is 0 Å². The normalized spacial score (nSPS) is 21.1. The third kappa shape index (κ3) is 2.78. The van der Waals surface area contributed by atoms with E-state index in [1.54, 1.807) is 4.90 Å². The van der Waals surface area contributed by atoms with Crippen LogP contribution in [0.4, 0.5) is 0 Å². The number of aliphatic carboxylic acids is 1. The molecule has 0 saturated carbocycles. The Morgan fingerprint density at radius 1 is 1.33 bits per heavy atom. The minimum atomic E-state index is -0.901. The highest BCUT2D eigenvalue weighted by atomic mass is 16.5. The quantitative estimate of drug-likeness (QED) is 0.915. The summed E-state index contributed by atoms with van der Waals surface area (Å²) in [5, 5.41) is 9.00. The standard InChI is InChI=1S/C16H19NO4/c18-15(19)9-12-10-21-8-7-17(12)16(20)14-6-2-4-11-3-1-5-13(11)14/h2,4,6,12H,1,3,5,7-10H2,(H,18,19). The number of morpholine rings is 1. The van der Waals surface area contributed by atoms with E-state index in [4.69, 9.17) is 9.84 Å². The minimum Gasteiger partial charge on any atom is -0.481 e. The molecule has 1 heterocycles. The second-order valence-electron chi connectivity index (χ2n) is 5.62. The molecule has 0 spiro atoms. The Kier molecular flexibility index (Phi) is 3.92. The Labute approximate surface area is 123 Å². The van der Waals surface area contributed by atoms with Crippen molar-refractivity contribution in [1.29, 1.82) is 0 Å². The first-order valence-electron chi connectivity index (χ1n) is 7.38. The summed E-state index contributed by atoms with van der Waals surface area (Å²) in [6.07, 6.45) is 2.98. The first-order valence-corrected chi connectivity index (χ1v) is 7.38. The molecule has 21 heavy (non-hydrogen) atoms. The zero-order valence-corrected chi connectivity index (χ0v) is 11.9. The Balaban J connectivity index is 1.86. The minimum absolute atomic E-state index is 0.0525. The van der Waals surface area contributed by atoms with Crippen molar-refractivity contribution in [3.63, 3.8) is 0 Å². The Hall–Kier alpha value is -1.88. The summed E-state index contributed by atoms with van der Waals surface area (Å²) < 4.78 is 5.33. The van der Waals surface area contributed by atoms with Crippen LogP contribution < -0.4 is 0 Å². The van der Waals surface area contributed by atoms with Crippen LogP contribution in [0.3, 0.4) is 0 Å². The lowest BCUT2D eigenvalue weighted by Crippen LogP contribution is -2.49. The van der Waals surface area contributed by atoms with Crippen LogP contribution in [-0.4, -0.2) is 47.7 Å². The monoisotopic (exact) mass is 289 g/mol. The summed E-state index contributed by atoms with van der Waals surface area (Å²) in [6.45, 7) is 1.23. The average Bonchev–Trinajstić information content (AvgIpc) is 2.95. The maximum atomic E-state index is 12.8. The highest BCUT2D eigenvalue weighted by molar-refractivity contribution is 5.96. The molecule has 2 aliphatic rings. The average molecular weight is 289 g/mol. The van der Waals surface area contributed by atoms with Crippen molar-refractivity contribution in [2.75, 3.05) is 19.8 Å². The molecular weight excluding hydrogens is 270 g/mol. The molecule has 1 N–H and O–H groups in total. The second kappa shape index (κ2) is 5.85. The number of benzene rings is 1. The predicted molar refractivity (Wildman–Crippen MR) is 76.4 cm³/mol. The van der Waals surface area contributed by atoms with Crippen molar-refractivity contribution in [1.82, 2.24) is 4.90 Å². The zero-order chi connectivity index (χ0) is 14.8. The van der Waals surface area contributed by atoms with Crippen LogP contribution in [0.2, 0.25) is 0 Å². The van der Waals surface area contributed by atoms with Gasteiger partial charge in [0, 0.05) is 12.1 Å². The topological polar surface area (TPSA) is 66.8 Å². The number of rotatable bonds is 3. The fourth-order valence-electron chi connectivity index (χ4n) is 3.27. The van der Waals surface area contributed by atoms with Crippen LogP contribution in [0.15, 0.2) is 18.2 Å². The number of nitrogens with zero attached hydrogens (tertiary/aromatic N) is 1. The molecular formula is C16H19NO4. The smallest absolute Gasteiger partial charge is 0.305 e. The number of hydrogen-bond acceptors (Lipinski definition) is 3. The molecule has 112 valence electrons. The van der Waals surface area contributed by atoms with Gasteiger partial charge in [-0.15, -0.1) is 0 Å². The Morgan fingerprint density at radius 2 is 2.19 bits per heavy atom. The van der Waals surface area contributed by atoms with Crippen molar-refractivity contribution in [2.24, 2.45) is 0 Å². The first kappa shape index (κ1) is 14.1. The maximum Gasteiger partial charge on any atom is 0.305 e. The third-order valence-electron chi connectivity index (χ3n) is 4.27. The fourth-order valence-corrected chi connectivity index (χ4v) is 3.27. The van der Waals surface area contributed by atoms with Crippen LogP contribution in [0.5, 0.6) is 0 Å². The van der Waals surface area contributed by atoms with E-state index in [1.165, 1.54) is 5.56 Å². The van der Waals surface area contributed by atoms with Gasteiger partial charge in [-0.1, -0.05) is 12.1 Å². The molecule has 1 atom stereocenters. The van der Waals surface area contributed by atoms with Gasteiger partial charge >= 0.3 is 5.97 Å². The Morgan fingerprint density at radius 3 is 3.00 bits per heavy atom. The first-order chi connectivity index (χ1) is 10.2. The number of carbonyl (C=O) groups excluding carboxylic acids is 1. The molecule has 0 aromatic heterocycles. The lowest BCUT2D eigenvalue weighted by molar-refractivity contribution is -0.139. The summed E-state index contributed by atoms with van der Waals surface area (Å²) in [6, 6.07) is 5.48. The van der Waals surface area contributed by atoms with Crippen LogP contribution >= 0.6 is 0 Å². The van der Waals surface area contributed by atoms with Crippen molar-refractivity contribution < 1.29 is 19.4 Å². The van der Waals surface area contributed by atoms with E-state index in [1.807, 2.05) is 12.1 Å². The molecule has 5 nitrogen and oxygen atoms in total. The third-order valence-corrected chi connectivity index (χ3v) is 4.27. The summed E-state index contributed by atoms with van der Waals surface area (Å²) in [5.41, 5.74) is 3.13. The maximum absolute atomic E-state index is 12.8. The molecule has 0 bridgehead atoms. The SMILES string of the molecule is O=C(O)CC1COCCN1C(=O)c1cccc2c1CCC2. The van der Waals surface area contributed by atoms with Gasteiger partial charge in [-0.3, -0.25) is 9.59 Å². The number of carbonyl (C=O) groups is 2. The van der Waals surface area contributed by atoms with Gasteiger partial charge in [-0.2, -0.15) is 0 Å². The predicted octanol–water partition coefficient (Wildman–Crippen LogP) is 1.49. The largest absolute Gasteiger partial charge is 0.481 e. The van der Waals surface area contributed by atoms with E-state index >= 15 is 0 Å². The molecule has 1 amide bonds. The molecule has 1 saturated heterocycles. The molecule has 5 heteroatoms. The van der Waals surface area contributed by atoms with Gasteiger partial charge in [0.05, 0.1) is 25.7 Å². The molecule has 0 radical (unpaired) electrons. The van der Waals surface area contributed by atoms with E-state index in [-0.39, 0.29) is 18.4 Å². The summed E-state index contributed by atoms with van der Waals surface area (Å²) >= 11 is 0. The number of amides is 1. The van der Waals surface area contributed by atoms with E-state index in [0.29, 0.717) is 19.8 Å². The number of hydrogen-bond donors (Lipinski definition) is 1. The lowest BCUT2D eigenvalue weighted by Gasteiger charge is -2.35. The molecule has 1 aliphatic heterocycles. The van der Waals surface area contributed by atoms with Crippen LogP contribution in [0, 0.1) is 0 Å². The lowest BCUT2D eigenvalue weighted by atomic mass is 10.0. The van der Waals surface area contributed by atoms with Crippen molar-refractivity contribution in [3.05, 3.63) is 34.9 Å². The Bertz CT molecular complexity index is 569. The van der Waals surface area contributed by atoms with E-state index in [9.17, 15) is 9.59 Å². The summed E-state index contributed by atoms with van der Waals surface area (Å²) in [4.78, 5) is 25.5. The van der Waals surface area contributed by atoms with Crippen LogP contribution in [-0.2, 0) is 22.4 Å². The van der Waals surface area contributed by atoms with Gasteiger partial charge in [0.15, 0.2) is 0 Å². The van der Waals surface area contributed by atoms with Gasteiger partial charge in [0.2, 0.25) is 0 Å². The van der Waals surface area contributed by atoms with Crippen molar-refractivity contribution in [3.8, 4) is 0 Å². The number of aryl methyl sites for hydroxylation is 1. The molecule has 1 aromatic carbocycles. The van der Waals surface area contributed by atoms with Crippen LogP contribution in [0.1, 0.15) is 34.3 Å². The van der Waals surface area contributed by atoms with Crippen molar-refractivity contribution in [2.45, 2.75) is 31.7 Å². The van der Waals surface area contributed by atoms with E-state index in [2.05, 4.69) is 6.07 Å². The molecule has 1 unspecified atom stereocenters. The zero-order valence-electron chi connectivity index (χ0n) is 11.9. The highest BCUT2D eigenvalue weighted by Crippen LogP contribution is 2.27. The number of carboxylic acids is 1. The van der Waals surface area contributed by atoms with Gasteiger partial charge in [0.1, 0.15) is 0 Å². The van der Waals surface area contributed by atoms with Gasteiger partial charge in [0.25, 0.3) is 5.91 Å². The number of carboxylic acid groups (broad SMARTS) is 1. The molecule has 1 aromatic rings. The molecule has 3 rings (SSSR count). The fraction of sp³-hybridized carbons (Fsp3) is 0.500.